The van der Waals surface area contributed by atoms with Crippen LogP contribution in [0.5, 0.6) is 0 Å². The smallest absolute Gasteiger partial charge is 0.329 e. The highest BCUT2D eigenvalue weighted by molar-refractivity contribution is 14.1. The predicted molar refractivity (Wildman–Crippen MR) is 218 cm³/mol. The van der Waals surface area contributed by atoms with Gasteiger partial charge in [0.2, 0.25) is 0 Å². The SMILES string of the molecule is Brc1ccn2ccnc2c1.Cc1ccnn1-c1ccn2c(-c3cccc(NC(=O)NCC(F)(F)F)c3)cnc2c1.Cc1ccnn1-c1ccn2c(I)cnc2c1. The van der Waals surface area contributed by atoms with Gasteiger partial charge in [-0.2, -0.15) is 23.4 Å². The van der Waals surface area contributed by atoms with Crippen molar-refractivity contribution in [1.29, 1.82) is 0 Å². The molecule has 0 aliphatic rings. The van der Waals surface area contributed by atoms with Crippen molar-refractivity contribution in [3.63, 3.8) is 0 Å². The van der Waals surface area contributed by atoms with Crippen LogP contribution in [0.25, 0.3) is 39.6 Å². The monoisotopic (exact) mass is 934 g/mol. The number of pyridine rings is 3. The lowest BCUT2D eigenvalue weighted by Crippen LogP contribution is -2.36. The Hall–Kier alpha value is -6.02. The first-order valence-electron chi connectivity index (χ1n) is 16.8. The van der Waals surface area contributed by atoms with Gasteiger partial charge in [0.15, 0.2) is 0 Å². The molecule has 13 nitrogen and oxygen atoms in total. The molecular formula is C38H31BrF3IN12O. The van der Waals surface area contributed by atoms with Crippen LogP contribution in [-0.4, -0.2) is 66.5 Å². The van der Waals surface area contributed by atoms with Gasteiger partial charge in [0.25, 0.3) is 0 Å². The number of anilines is 1. The Morgan fingerprint density at radius 3 is 2.07 bits per heavy atom. The minimum absolute atomic E-state index is 0.367. The number of hydrogen-bond acceptors (Lipinski definition) is 6. The zero-order valence-electron chi connectivity index (χ0n) is 29.6. The molecule has 0 radical (unpaired) electrons. The van der Waals surface area contributed by atoms with E-state index in [1.165, 1.54) is 0 Å². The number of amides is 2. The number of alkyl halides is 3. The zero-order valence-corrected chi connectivity index (χ0v) is 33.3. The Morgan fingerprint density at radius 2 is 1.41 bits per heavy atom. The number of carbonyl (C=O) groups is 1. The summed E-state index contributed by atoms with van der Waals surface area (Å²) in [6, 6.07) is 21.6. The molecule has 0 bridgehead atoms. The Bertz CT molecular complexity index is 2780. The lowest BCUT2D eigenvalue weighted by molar-refractivity contribution is -0.122. The number of nitrogens with one attached hydrogen (secondary N) is 2. The van der Waals surface area contributed by atoms with Crippen molar-refractivity contribution < 1.29 is 18.0 Å². The molecule has 8 heterocycles. The zero-order chi connectivity index (χ0) is 39.4. The predicted octanol–water partition coefficient (Wildman–Crippen LogP) is 8.71. The third kappa shape index (κ3) is 8.92. The Labute approximate surface area is 339 Å². The number of aromatic nitrogens is 10. The van der Waals surface area contributed by atoms with E-state index in [2.05, 4.69) is 69.0 Å². The summed E-state index contributed by atoms with van der Waals surface area (Å²) >= 11 is 5.63. The third-order valence-electron chi connectivity index (χ3n) is 8.33. The summed E-state index contributed by atoms with van der Waals surface area (Å²) in [5.41, 5.74) is 8.53. The summed E-state index contributed by atoms with van der Waals surface area (Å²) in [6.07, 6.45) is 12.1. The molecule has 9 aromatic rings. The molecule has 18 heteroatoms. The van der Waals surface area contributed by atoms with Gasteiger partial charge in [-0.15, -0.1) is 0 Å². The topological polar surface area (TPSA) is 129 Å². The number of halogens is 5. The fourth-order valence-electron chi connectivity index (χ4n) is 5.66. The van der Waals surface area contributed by atoms with E-state index in [9.17, 15) is 18.0 Å². The molecule has 284 valence electrons. The molecule has 0 aliphatic heterocycles. The number of urea groups is 1. The van der Waals surface area contributed by atoms with Crippen molar-refractivity contribution in [3.05, 3.63) is 148 Å². The van der Waals surface area contributed by atoms with Gasteiger partial charge in [-0.05, 0) is 85.0 Å². The highest BCUT2D eigenvalue weighted by Crippen LogP contribution is 2.25. The summed E-state index contributed by atoms with van der Waals surface area (Å²) in [5.74, 6) is 0. The van der Waals surface area contributed by atoms with Crippen molar-refractivity contribution in [3.8, 4) is 22.6 Å². The molecule has 8 aromatic heterocycles. The maximum Gasteiger partial charge on any atom is 0.405 e. The van der Waals surface area contributed by atoms with Gasteiger partial charge in [-0.3, -0.25) is 8.80 Å². The van der Waals surface area contributed by atoms with Crippen molar-refractivity contribution in [1.82, 2.24) is 53.0 Å². The standard InChI is InChI=1S/C20H17F3N6O.C11H9IN4.C7H5BrN2/c1-13-5-7-26-29(13)16-6-8-28-17(11-24-18(28)10-16)14-3-2-4-15(9-14)27-19(30)25-12-20(21,22)23;1-8-2-4-14-16(8)9-3-5-15-10(12)7-13-11(15)6-9;8-6-1-3-10-4-2-9-7(10)5-6/h2-11H,12H2,1H3,(H2,25,27,30);2-7H,1H3;1-5H. The summed E-state index contributed by atoms with van der Waals surface area (Å²) < 4.78 is 48.5. The fraction of sp³-hybridized carbons (Fsp3) is 0.105. The van der Waals surface area contributed by atoms with Crippen LogP contribution in [0.1, 0.15) is 11.4 Å². The van der Waals surface area contributed by atoms with Gasteiger partial charge in [0.1, 0.15) is 27.2 Å². The second-order valence-electron chi connectivity index (χ2n) is 12.3. The van der Waals surface area contributed by atoms with Gasteiger partial charge >= 0.3 is 12.2 Å². The highest BCUT2D eigenvalue weighted by atomic mass is 127. The number of nitrogens with zero attached hydrogens (tertiary/aromatic N) is 10. The highest BCUT2D eigenvalue weighted by Gasteiger charge is 2.27. The third-order valence-corrected chi connectivity index (χ3v) is 9.62. The summed E-state index contributed by atoms with van der Waals surface area (Å²) in [7, 11) is 0. The molecule has 0 saturated heterocycles. The van der Waals surface area contributed by atoms with E-state index < -0.39 is 18.8 Å². The number of rotatable bonds is 5. The molecule has 0 aliphatic carbocycles. The van der Waals surface area contributed by atoms with Gasteiger partial charge in [0.05, 0.1) is 29.5 Å². The number of hydrogen-bond donors (Lipinski definition) is 2. The van der Waals surface area contributed by atoms with Gasteiger partial charge in [-0.25, -0.2) is 29.1 Å². The average molecular weight is 936 g/mol. The van der Waals surface area contributed by atoms with Crippen LogP contribution in [0.15, 0.2) is 133 Å². The van der Waals surface area contributed by atoms with E-state index in [1.807, 2.05) is 117 Å². The van der Waals surface area contributed by atoms with Crippen molar-refractivity contribution >= 4 is 67.2 Å². The molecule has 0 atom stereocenters. The molecule has 0 fully saturated rings. The second-order valence-corrected chi connectivity index (χ2v) is 14.3. The van der Waals surface area contributed by atoms with Crippen LogP contribution < -0.4 is 10.6 Å². The molecule has 2 amide bonds. The van der Waals surface area contributed by atoms with E-state index in [1.54, 1.807) is 53.0 Å². The molecule has 0 unspecified atom stereocenters. The number of carbonyl (C=O) groups excluding carboxylic acids is 1. The largest absolute Gasteiger partial charge is 0.405 e. The molecule has 0 spiro atoms. The van der Waals surface area contributed by atoms with Crippen molar-refractivity contribution in [2.24, 2.45) is 0 Å². The maximum absolute atomic E-state index is 12.2. The number of fused-ring (bicyclic) bond motifs is 3. The molecule has 9 rings (SSSR count). The van der Waals surface area contributed by atoms with Gasteiger partial charge in [-0.1, -0.05) is 28.1 Å². The molecule has 1 aromatic carbocycles. The van der Waals surface area contributed by atoms with Gasteiger partial charge < -0.3 is 15.0 Å². The van der Waals surface area contributed by atoms with E-state index in [0.29, 0.717) is 11.3 Å². The molecular weight excluding hydrogens is 904 g/mol. The number of aryl methyl sites for hydroxylation is 2. The first-order valence-corrected chi connectivity index (χ1v) is 18.7. The van der Waals surface area contributed by atoms with Crippen LogP contribution in [0.3, 0.4) is 0 Å². The molecule has 56 heavy (non-hydrogen) atoms. The summed E-state index contributed by atoms with van der Waals surface area (Å²) in [4.78, 5) is 24.6. The minimum Gasteiger partial charge on any atom is -0.329 e. The normalized spacial score (nSPS) is 11.3. The Balaban J connectivity index is 0.000000152. The van der Waals surface area contributed by atoms with E-state index in [-0.39, 0.29) is 0 Å². The van der Waals surface area contributed by atoms with E-state index >= 15 is 0 Å². The van der Waals surface area contributed by atoms with Crippen molar-refractivity contribution in [2.75, 3.05) is 11.9 Å². The molecule has 2 N–H and O–H groups in total. The lowest BCUT2D eigenvalue weighted by Gasteiger charge is -2.11. The average Bonchev–Trinajstić information content (AvgIpc) is 4.03. The first kappa shape index (κ1) is 38.3. The van der Waals surface area contributed by atoms with Crippen LogP contribution >= 0.6 is 38.5 Å². The molecule has 0 saturated carbocycles. The summed E-state index contributed by atoms with van der Waals surface area (Å²) in [5, 5.41) is 12.8. The van der Waals surface area contributed by atoms with E-state index in [4.69, 9.17) is 0 Å². The quantitative estimate of drug-likeness (QED) is 0.166. The van der Waals surface area contributed by atoms with Crippen LogP contribution in [0, 0.1) is 17.5 Å². The summed E-state index contributed by atoms with van der Waals surface area (Å²) in [6.45, 7) is 2.59. The first-order chi connectivity index (χ1) is 26.9. The minimum atomic E-state index is -4.47. The van der Waals surface area contributed by atoms with Crippen LogP contribution in [0.4, 0.5) is 23.7 Å². The maximum atomic E-state index is 12.2. The second kappa shape index (κ2) is 16.4. The lowest BCUT2D eigenvalue weighted by atomic mass is 10.1. The van der Waals surface area contributed by atoms with Crippen LogP contribution in [0.2, 0.25) is 0 Å². The number of imidazole rings is 3. The van der Waals surface area contributed by atoms with Gasteiger partial charge in [0, 0.05) is 82.6 Å². The Morgan fingerprint density at radius 1 is 0.750 bits per heavy atom. The van der Waals surface area contributed by atoms with Crippen molar-refractivity contribution in [2.45, 2.75) is 20.0 Å². The van der Waals surface area contributed by atoms with Crippen LogP contribution in [-0.2, 0) is 0 Å². The fourth-order valence-corrected chi connectivity index (χ4v) is 6.53. The number of benzene rings is 1. The Kier molecular flexibility index (Phi) is 11.2. The van der Waals surface area contributed by atoms with E-state index in [0.717, 1.165) is 53.5 Å².